The van der Waals surface area contributed by atoms with Crippen molar-refractivity contribution in [1.29, 1.82) is 5.26 Å². The van der Waals surface area contributed by atoms with Gasteiger partial charge in [-0.25, -0.2) is 23.2 Å². The predicted molar refractivity (Wildman–Crippen MR) is 183 cm³/mol. The van der Waals surface area contributed by atoms with Crippen LogP contribution in [-0.4, -0.2) is 79.6 Å². The van der Waals surface area contributed by atoms with Gasteiger partial charge in [0.2, 0.25) is 5.95 Å². The quantitative estimate of drug-likeness (QED) is 0.143. The molecule has 0 bridgehead atoms. The number of nitrogens with zero attached hydrogens (tertiary/aromatic N) is 5. The predicted octanol–water partition coefficient (Wildman–Crippen LogP) is 6.23. The lowest BCUT2D eigenvalue weighted by atomic mass is 10.0. The summed E-state index contributed by atoms with van der Waals surface area (Å²) in [5.41, 5.74) is 2.02. The Bertz CT molecular complexity index is 1750. The Morgan fingerprint density at radius 1 is 1.28 bits per heavy atom. The molecule has 1 N–H and O–H groups in total. The number of benzene rings is 1. The van der Waals surface area contributed by atoms with Crippen molar-refractivity contribution in [1.82, 2.24) is 19.4 Å². The maximum absolute atomic E-state index is 13.1. The molecule has 46 heavy (non-hydrogen) atoms. The first-order chi connectivity index (χ1) is 21.5. The lowest BCUT2D eigenvalue weighted by Crippen LogP contribution is -2.47. The zero-order valence-electron chi connectivity index (χ0n) is 28.0. The van der Waals surface area contributed by atoms with Gasteiger partial charge in [-0.1, -0.05) is 31.8 Å². The Morgan fingerprint density at radius 3 is 2.65 bits per heavy atom. The van der Waals surface area contributed by atoms with Gasteiger partial charge in [-0.2, -0.15) is 5.26 Å². The Kier molecular flexibility index (Phi) is 10.6. The van der Waals surface area contributed by atoms with Gasteiger partial charge in [-0.3, -0.25) is 0 Å². The standard InChI is InChI=1S/C33H46N6O5SSi/c1-9-11-24-19-35-31(36-25-12-10-15-38(20-25)32(40)44-33(2,3)4)37-28(24)27-21-39(22-43-16-17-46(6,7)8)29-26(27)14-13-23(18-34)30(29)45(5,41)42/h9,13-14,19,21,25H,1,10-12,15-17,20,22H2,2-8H3,(H,35,36,37)/t25-/m0/s1. The number of sulfone groups is 1. The summed E-state index contributed by atoms with van der Waals surface area (Å²) in [5, 5.41) is 13.9. The third-order valence-corrected chi connectivity index (χ3v) is 10.5. The fraction of sp³-hybridized carbons (Fsp3) is 0.515. The normalized spacial score (nSPS) is 15.9. The van der Waals surface area contributed by atoms with Gasteiger partial charge in [-0.15, -0.1) is 6.58 Å². The minimum Gasteiger partial charge on any atom is -0.444 e. The molecule has 1 aliphatic rings. The molecular weight excluding hydrogens is 621 g/mol. The molecule has 13 heteroatoms. The molecule has 11 nitrogen and oxygen atoms in total. The van der Waals surface area contributed by atoms with Crippen molar-refractivity contribution >= 4 is 40.9 Å². The highest BCUT2D eigenvalue weighted by Crippen LogP contribution is 2.37. The molecule has 0 unspecified atom stereocenters. The van der Waals surface area contributed by atoms with Crippen LogP contribution in [0.25, 0.3) is 22.2 Å². The van der Waals surface area contributed by atoms with Crippen LogP contribution in [-0.2, 0) is 32.5 Å². The van der Waals surface area contributed by atoms with Crippen molar-refractivity contribution in [3.63, 3.8) is 0 Å². The molecule has 3 heterocycles. The molecule has 2 aromatic heterocycles. The lowest BCUT2D eigenvalue weighted by molar-refractivity contribution is 0.0206. The fourth-order valence-electron chi connectivity index (χ4n) is 5.44. The summed E-state index contributed by atoms with van der Waals surface area (Å²) in [4.78, 5) is 23.9. The monoisotopic (exact) mass is 666 g/mol. The molecule has 1 atom stereocenters. The minimum atomic E-state index is -3.78. The number of aromatic nitrogens is 3. The number of fused-ring (bicyclic) bond motifs is 1. The number of nitriles is 1. The van der Waals surface area contributed by atoms with E-state index in [1.165, 1.54) is 0 Å². The van der Waals surface area contributed by atoms with Crippen LogP contribution in [0.1, 0.15) is 44.7 Å². The van der Waals surface area contributed by atoms with E-state index in [2.05, 4.69) is 42.6 Å². The summed E-state index contributed by atoms with van der Waals surface area (Å²) in [5.74, 6) is 0.392. The number of rotatable bonds is 11. The number of ether oxygens (including phenoxy) is 2. The Hall–Kier alpha value is -3.73. The average Bonchev–Trinajstić information content (AvgIpc) is 3.32. The highest BCUT2D eigenvalue weighted by molar-refractivity contribution is 7.91. The van der Waals surface area contributed by atoms with Crippen molar-refractivity contribution in [2.24, 2.45) is 0 Å². The van der Waals surface area contributed by atoms with E-state index in [0.717, 1.165) is 30.7 Å². The smallest absolute Gasteiger partial charge is 0.410 e. The Morgan fingerprint density at radius 2 is 2.02 bits per heavy atom. The average molecular weight is 667 g/mol. The summed E-state index contributed by atoms with van der Waals surface area (Å²) in [6.45, 7) is 18.0. The Labute approximate surface area is 273 Å². The fourth-order valence-corrected chi connectivity index (χ4v) is 7.29. The van der Waals surface area contributed by atoms with Crippen molar-refractivity contribution in [2.45, 2.75) is 89.0 Å². The topological polar surface area (TPSA) is 139 Å². The van der Waals surface area contributed by atoms with E-state index in [9.17, 15) is 18.5 Å². The van der Waals surface area contributed by atoms with E-state index in [1.807, 2.05) is 27.0 Å². The number of amides is 1. The number of likely N-dealkylation sites (tertiary alicyclic amines) is 1. The van der Waals surface area contributed by atoms with Gasteiger partial charge in [0, 0.05) is 69.0 Å². The van der Waals surface area contributed by atoms with Gasteiger partial charge < -0.3 is 24.3 Å². The zero-order valence-corrected chi connectivity index (χ0v) is 29.8. The summed E-state index contributed by atoms with van der Waals surface area (Å²) in [6.07, 6.45) is 8.25. The molecule has 3 aromatic rings. The van der Waals surface area contributed by atoms with E-state index in [0.29, 0.717) is 54.2 Å². The second kappa shape index (κ2) is 13.9. The summed E-state index contributed by atoms with van der Waals surface area (Å²) < 4.78 is 39.6. The summed E-state index contributed by atoms with van der Waals surface area (Å²) in [6, 6.07) is 6.23. The number of carbonyl (C=O) groups excluding carboxylic acids is 1. The number of anilines is 1. The van der Waals surface area contributed by atoms with E-state index < -0.39 is 23.5 Å². The molecule has 4 rings (SSSR count). The van der Waals surface area contributed by atoms with Crippen LogP contribution in [0.15, 0.2) is 42.1 Å². The minimum absolute atomic E-state index is 0.0327. The number of carbonyl (C=O) groups is 1. The molecule has 1 aliphatic heterocycles. The molecule has 0 aliphatic carbocycles. The molecule has 1 aromatic carbocycles. The van der Waals surface area contributed by atoms with Crippen molar-refractivity contribution in [3.05, 3.63) is 48.3 Å². The molecule has 1 amide bonds. The first-order valence-electron chi connectivity index (χ1n) is 15.6. The van der Waals surface area contributed by atoms with Crippen LogP contribution in [0.4, 0.5) is 10.7 Å². The molecule has 1 fully saturated rings. The van der Waals surface area contributed by atoms with Gasteiger partial charge >= 0.3 is 6.09 Å². The number of nitrogens with one attached hydrogen (secondary N) is 1. The number of hydrogen-bond donors (Lipinski definition) is 1. The maximum Gasteiger partial charge on any atom is 0.410 e. The molecule has 248 valence electrons. The number of allylic oxidation sites excluding steroid dienone is 1. The van der Waals surface area contributed by atoms with Crippen molar-refractivity contribution in [2.75, 3.05) is 31.3 Å². The molecule has 0 spiro atoms. The van der Waals surface area contributed by atoms with E-state index >= 15 is 0 Å². The highest BCUT2D eigenvalue weighted by atomic mass is 32.2. The first-order valence-corrected chi connectivity index (χ1v) is 21.2. The molecule has 0 saturated carbocycles. The van der Waals surface area contributed by atoms with E-state index in [4.69, 9.17) is 14.5 Å². The van der Waals surface area contributed by atoms with Crippen LogP contribution in [0, 0.1) is 11.3 Å². The van der Waals surface area contributed by atoms with Gasteiger partial charge in [-0.05, 0) is 52.1 Å². The second-order valence-electron chi connectivity index (χ2n) is 14.1. The van der Waals surface area contributed by atoms with Gasteiger partial charge in [0.15, 0.2) is 9.84 Å². The SMILES string of the molecule is C=CCc1cnc(N[C@H]2CCCN(C(=O)OC(C)(C)C)C2)nc1-c1cn(COCC[Si](C)(C)C)c2c(S(C)(=O)=O)c(C#N)ccc12. The molecule has 1 saturated heterocycles. The molecular formula is C33H46N6O5SSi. The van der Waals surface area contributed by atoms with E-state index in [1.54, 1.807) is 33.9 Å². The third kappa shape index (κ3) is 8.74. The maximum atomic E-state index is 13.1. The summed E-state index contributed by atoms with van der Waals surface area (Å²) in [7, 11) is -5.14. The second-order valence-corrected chi connectivity index (χ2v) is 21.6. The lowest BCUT2D eigenvalue weighted by Gasteiger charge is -2.34. The number of hydrogen-bond acceptors (Lipinski definition) is 9. The zero-order chi connectivity index (χ0) is 33.9. The molecule has 0 radical (unpaired) electrons. The Balaban J connectivity index is 1.76. The third-order valence-electron chi connectivity index (χ3n) is 7.60. The van der Waals surface area contributed by atoms with Crippen LogP contribution in [0.2, 0.25) is 25.7 Å². The van der Waals surface area contributed by atoms with Crippen molar-refractivity contribution in [3.8, 4) is 17.3 Å². The summed E-state index contributed by atoms with van der Waals surface area (Å²) >= 11 is 0. The highest BCUT2D eigenvalue weighted by Gasteiger charge is 2.29. The van der Waals surface area contributed by atoms with E-state index in [-0.39, 0.29) is 29.3 Å². The van der Waals surface area contributed by atoms with Gasteiger partial charge in [0.1, 0.15) is 23.3 Å². The van der Waals surface area contributed by atoms with Gasteiger partial charge in [0.25, 0.3) is 0 Å². The first kappa shape index (κ1) is 35.1. The van der Waals surface area contributed by atoms with Gasteiger partial charge in [0.05, 0.1) is 16.8 Å². The van der Waals surface area contributed by atoms with Crippen LogP contribution < -0.4 is 5.32 Å². The van der Waals surface area contributed by atoms with Crippen LogP contribution in [0.5, 0.6) is 0 Å². The largest absolute Gasteiger partial charge is 0.444 e. The van der Waals surface area contributed by atoms with Crippen LogP contribution in [0.3, 0.4) is 0 Å². The number of piperidine rings is 1. The van der Waals surface area contributed by atoms with Crippen LogP contribution >= 0.6 is 0 Å². The van der Waals surface area contributed by atoms with Crippen molar-refractivity contribution < 1.29 is 22.7 Å².